The monoisotopic (exact) mass is 219 g/mol. The first-order valence-electron chi connectivity index (χ1n) is 4.38. The van der Waals surface area contributed by atoms with Crippen molar-refractivity contribution < 1.29 is 8.78 Å². The summed E-state index contributed by atoms with van der Waals surface area (Å²) >= 11 is 0. The predicted molar refractivity (Wildman–Crippen MR) is 53.3 cm³/mol. The largest absolute Gasteiger partial charge is 0.324 e. The van der Waals surface area contributed by atoms with Crippen LogP contribution in [0, 0.1) is 17.6 Å². The molecule has 0 saturated heterocycles. The van der Waals surface area contributed by atoms with E-state index in [1.54, 1.807) is 0 Å². The van der Waals surface area contributed by atoms with Gasteiger partial charge in [0, 0.05) is 12.1 Å². The molecule has 78 valence electrons. The second-order valence-corrected chi connectivity index (χ2v) is 3.57. The zero-order chi connectivity index (χ0) is 9.42. The van der Waals surface area contributed by atoms with Gasteiger partial charge in [-0.15, -0.1) is 12.4 Å². The lowest BCUT2D eigenvalue weighted by Gasteiger charge is -2.10. The number of rotatable bonds is 2. The molecule has 4 heteroatoms. The minimum Gasteiger partial charge on any atom is -0.324 e. The van der Waals surface area contributed by atoms with Crippen molar-refractivity contribution in [2.24, 2.45) is 11.7 Å². The zero-order valence-electron chi connectivity index (χ0n) is 7.54. The highest BCUT2D eigenvalue weighted by Crippen LogP contribution is 2.39. The van der Waals surface area contributed by atoms with Crippen molar-refractivity contribution in [1.29, 1.82) is 0 Å². The van der Waals surface area contributed by atoms with Crippen molar-refractivity contribution in [1.82, 2.24) is 0 Å². The maximum Gasteiger partial charge on any atom is 0.126 e. The summed E-state index contributed by atoms with van der Waals surface area (Å²) in [5.74, 6) is -0.682. The molecule has 0 bridgehead atoms. The number of hydrogen-bond donors (Lipinski definition) is 1. The van der Waals surface area contributed by atoms with Crippen molar-refractivity contribution in [3.05, 3.63) is 35.4 Å². The molecule has 0 unspecified atom stereocenters. The molecular weight excluding hydrogens is 208 g/mol. The molecule has 1 aliphatic carbocycles. The van der Waals surface area contributed by atoms with E-state index in [9.17, 15) is 8.78 Å². The third-order valence-electron chi connectivity index (χ3n) is 2.40. The normalized spacial score (nSPS) is 17.4. The summed E-state index contributed by atoms with van der Waals surface area (Å²) in [6, 6.07) is 3.28. The maximum atomic E-state index is 12.8. The second-order valence-electron chi connectivity index (χ2n) is 3.57. The summed E-state index contributed by atoms with van der Waals surface area (Å²) in [6.45, 7) is 0. The van der Waals surface area contributed by atoms with Crippen LogP contribution >= 0.6 is 12.4 Å². The molecule has 0 aliphatic heterocycles. The quantitative estimate of drug-likeness (QED) is 0.813. The van der Waals surface area contributed by atoms with Crippen molar-refractivity contribution >= 4 is 12.4 Å². The van der Waals surface area contributed by atoms with Crippen LogP contribution < -0.4 is 5.73 Å². The van der Waals surface area contributed by atoms with E-state index < -0.39 is 11.6 Å². The van der Waals surface area contributed by atoms with Crippen LogP contribution in [0.15, 0.2) is 18.2 Å². The lowest BCUT2D eigenvalue weighted by atomic mass is 10.0. The van der Waals surface area contributed by atoms with Crippen LogP contribution in [0.3, 0.4) is 0 Å². The summed E-state index contributed by atoms with van der Waals surface area (Å²) in [6.07, 6.45) is 2.14. The van der Waals surface area contributed by atoms with Crippen molar-refractivity contribution in [2.45, 2.75) is 18.9 Å². The number of nitrogens with two attached hydrogens (primary N) is 1. The molecule has 1 saturated carbocycles. The summed E-state index contributed by atoms with van der Waals surface area (Å²) < 4.78 is 25.6. The van der Waals surface area contributed by atoms with E-state index in [1.165, 1.54) is 12.1 Å². The first kappa shape index (κ1) is 11.4. The van der Waals surface area contributed by atoms with Gasteiger partial charge in [0.15, 0.2) is 0 Å². The lowest BCUT2D eigenvalue weighted by molar-refractivity contribution is 0.563. The molecule has 1 aliphatic rings. The maximum absolute atomic E-state index is 12.8. The Morgan fingerprint density at radius 2 is 1.64 bits per heavy atom. The van der Waals surface area contributed by atoms with Crippen LogP contribution in [0.2, 0.25) is 0 Å². The van der Waals surface area contributed by atoms with Crippen LogP contribution in [0.25, 0.3) is 0 Å². The van der Waals surface area contributed by atoms with Gasteiger partial charge in [0.25, 0.3) is 0 Å². The molecule has 1 aromatic carbocycles. The molecule has 1 atom stereocenters. The summed E-state index contributed by atoms with van der Waals surface area (Å²) in [5, 5.41) is 0. The number of halogens is 3. The summed E-state index contributed by atoms with van der Waals surface area (Å²) in [5.41, 5.74) is 6.37. The third kappa shape index (κ3) is 2.42. The van der Waals surface area contributed by atoms with E-state index in [1.807, 2.05) is 0 Å². The molecule has 0 spiro atoms. The van der Waals surface area contributed by atoms with Gasteiger partial charge >= 0.3 is 0 Å². The van der Waals surface area contributed by atoms with E-state index >= 15 is 0 Å². The molecule has 14 heavy (non-hydrogen) atoms. The van der Waals surface area contributed by atoms with E-state index in [0.29, 0.717) is 11.5 Å². The second kappa shape index (κ2) is 4.24. The highest BCUT2D eigenvalue weighted by molar-refractivity contribution is 5.85. The van der Waals surface area contributed by atoms with Crippen LogP contribution in [0.4, 0.5) is 8.78 Å². The molecule has 2 rings (SSSR count). The Morgan fingerprint density at radius 3 is 2.07 bits per heavy atom. The fourth-order valence-corrected chi connectivity index (χ4v) is 1.50. The zero-order valence-corrected chi connectivity index (χ0v) is 8.36. The molecule has 1 fully saturated rings. The first-order valence-corrected chi connectivity index (χ1v) is 4.38. The fourth-order valence-electron chi connectivity index (χ4n) is 1.50. The standard InChI is InChI=1S/C10H11F2N.ClH/c11-8-3-7(4-9(12)5-8)10(13)6-1-2-6;/h3-6,10H,1-2,13H2;1H/t10-;/m0./s1. The number of hydrogen-bond acceptors (Lipinski definition) is 1. The van der Waals surface area contributed by atoms with Gasteiger partial charge in [-0.25, -0.2) is 8.78 Å². The van der Waals surface area contributed by atoms with Crippen molar-refractivity contribution in [3.8, 4) is 0 Å². The highest BCUT2D eigenvalue weighted by atomic mass is 35.5. The first-order chi connectivity index (χ1) is 6.16. The van der Waals surface area contributed by atoms with E-state index in [2.05, 4.69) is 0 Å². The van der Waals surface area contributed by atoms with E-state index in [-0.39, 0.29) is 18.4 Å². The lowest BCUT2D eigenvalue weighted by Crippen LogP contribution is -2.12. The van der Waals surface area contributed by atoms with Crippen LogP contribution in [-0.4, -0.2) is 0 Å². The Morgan fingerprint density at radius 1 is 1.14 bits per heavy atom. The Hall–Kier alpha value is -0.670. The molecule has 1 nitrogen and oxygen atoms in total. The SMILES string of the molecule is Cl.N[C@H](c1cc(F)cc(F)c1)C1CC1. The average molecular weight is 220 g/mol. The van der Waals surface area contributed by atoms with Gasteiger partial charge in [0.05, 0.1) is 0 Å². The molecule has 1 aromatic rings. The fraction of sp³-hybridized carbons (Fsp3) is 0.400. The van der Waals surface area contributed by atoms with Crippen molar-refractivity contribution in [2.75, 3.05) is 0 Å². The topological polar surface area (TPSA) is 26.0 Å². The van der Waals surface area contributed by atoms with E-state index in [4.69, 9.17) is 5.73 Å². The van der Waals surface area contributed by atoms with Gasteiger partial charge in [-0.2, -0.15) is 0 Å². The Balaban J connectivity index is 0.000000980. The molecule has 0 radical (unpaired) electrons. The van der Waals surface area contributed by atoms with Gasteiger partial charge in [0.2, 0.25) is 0 Å². The smallest absolute Gasteiger partial charge is 0.126 e. The van der Waals surface area contributed by atoms with Crippen molar-refractivity contribution in [3.63, 3.8) is 0 Å². The highest BCUT2D eigenvalue weighted by Gasteiger charge is 2.29. The van der Waals surface area contributed by atoms with Gasteiger partial charge < -0.3 is 5.73 Å². The van der Waals surface area contributed by atoms with Gasteiger partial charge in [0.1, 0.15) is 11.6 Å². The third-order valence-corrected chi connectivity index (χ3v) is 2.40. The summed E-state index contributed by atoms with van der Waals surface area (Å²) in [7, 11) is 0. The predicted octanol–water partition coefficient (Wildman–Crippen LogP) is 2.80. The number of benzene rings is 1. The minimum absolute atomic E-state index is 0. The van der Waals surface area contributed by atoms with Gasteiger partial charge in [-0.3, -0.25) is 0 Å². The van der Waals surface area contributed by atoms with Crippen LogP contribution in [-0.2, 0) is 0 Å². The van der Waals surface area contributed by atoms with Crippen LogP contribution in [0.1, 0.15) is 24.4 Å². The van der Waals surface area contributed by atoms with Crippen LogP contribution in [0.5, 0.6) is 0 Å². The van der Waals surface area contributed by atoms with E-state index in [0.717, 1.165) is 18.9 Å². The molecular formula is C10H12ClF2N. The molecule has 0 heterocycles. The average Bonchev–Trinajstić information content (AvgIpc) is 2.83. The Bertz CT molecular complexity index is 306. The minimum atomic E-state index is -0.550. The molecule has 2 N–H and O–H groups in total. The Labute approximate surface area is 87.7 Å². The Kier molecular flexibility index (Phi) is 3.45. The molecule has 0 amide bonds. The van der Waals surface area contributed by atoms with Gasteiger partial charge in [-0.05, 0) is 36.5 Å². The van der Waals surface area contributed by atoms with Gasteiger partial charge in [-0.1, -0.05) is 0 Å². The molecule has 0 aromatic heterocycles. The summed E-state index contributed by atoms with van der Waals surface area (Å²) in [4.78, 5) is 0.